The van der Waals surface area contributed by atoms with E-state index in [4.69, 9.17) is 38.7 Å². The number of carbonyl (C=O) groups excluding carboxylic acids is 4. The van der Waals surface area contributed by atoms with Crippen molar-refractivity contribution < 1.29 is 87.9 Å². The Morgan fingerprint density at radius 1 is 0.506 bits per heavy atom. The van der Waals surface area contributed by atoms with Crippen molar-refractivity contribution in [2.24, 2.45) is 10.3 Å². The first-order chi connectivity index (χ1) is 42.1. The van der Waals surface area contributed by atoms with Crippen molar-refractivity contribution in [2.75, 3.05) is 48.8 Å². The van der Waals surface area contributed by atoms with Gasteiger partial charge in [-0.3, -0.25) is 9.59 Å². The fourth-order valence-electron chi connectivity index (χ4n) is 7.63. The van der Waals surface area contributed by atoms with E-state index in [1.165, 1.54) is 32.0 Å². The Hall–Kier alpha value is -8.80. The van der Waals surface area contributed by atoms with Crippen molar-refractivity contribution >= 4 is 76.9 Å². The number of aromatic carboxylic acids is 1. The average Bonchev–Trinajstić information content (AvgIpc) is 0.976. The van der Waals surface area contributed by atoms with E-state index in [2.05, 4.69) is 16.0 Å². The molecule has 0 aliphatic heterocycles. The highest BCUT2D eigenvalue weighted by atomic mass is 32.2. The van der Waals surface area contributed by atoms with E-state index < -0.39 is 77.0 Å². The molecule has 2 unspecified atom stereocenters. The second-order valence-electron chi connectivity index (χ2n) is 19.7. The molecule has 0 aliphatic carbocycles. The molecule has 0 saturated heterocycles. The maximum Gasteiger partial charge on any atom is 0.338 e. The van der Waals surface area contributed by atoms with Crippen LogP contribution in [0.5, 0.6) is 34.5 Å². The minimum Gasteiger partial charge on any atom is -0.478 e. The van der Waals surface area contributed by atoms with Crippen LogP contribution in [0.4, 0.5) is 17.1 Å². The topological polar surface area (TPSA) is 384 Å². The first kappa shape index (κ1) is 72.7. The number of aliphatic hydroxyl groups excluding tert-OH is 1. The number of sulfonamides is 3. The SMILES string of the molecule is CCCCNc1cc(C(=O)O)cc(S(N)(=O)=O)c1Oc1ccccc1.CCCCNc1cc(C(=O)OCC(C)O)cc(S(N)(=O)=O)c1Oc1ccccc1.CCCCNc1cc(C(=O)OCC(C)OC(C)=O)cc(S(=O)(=O)NC(C)=O)c1Oc1ccccc1. The van der Waals surface area contributed by atoms with Crippen molar-refractivity contribution in [3.05, 3.63) is 144 Å². The van der Waals surface area contributed by atoms with Gasteiger partial charge in [0.1, 0.15) is 51.3 Å². The average molecular weight is 1290 g/mol. The summed E-state index contributed by atoms with van der Waals surface area (Å²) in [6, 6.07) is 33.1. The van der Waals surface area contributed by atoms with E-state index in [1.807, 2.05) is 25.5 Å². The quantitative estimate of drug-likeness (QED) is 0.0118. The van der Waals surface area contributed by atoms with Crippen LogP contribution in [0.15, 0.2) is 142 Å². The molecule has 482 valence electrons. The van der Waals surface area contributed by atoms with Gasteiger partial charge in [-0.2, -0.15) is 0 Å². The minimum atomic E-state index is -4.41. The molecule has 10 N–H and O–H groups in total. The van der Waals surface area contributed by atoms with Gasteiger partial charge >= 0.3 is 23.9 Å². The first-order valence-corrected chi connectivity index (χ1v) is 32.6. The fraction of sp³-hybridized carbons (Fsp3) is 0.328. The lowest BCUT2D eigenvalue weighted by molar-refractivity contribution is -0.147. The molecule has 0 heterocycles. The van der Waals surface area contributed by atoms with Crippen LogP contribution in [0.3, 0.4) is 0 Å². The molecule has 0 saturated carbocycles. The second-order valence-corrected chi connectivity index (χ2v) is 24.4. The highest BCUT2D eigenvalue weighted by Crippen LogP contribution is 2.40. The Morgan fingerprint density at radius 3 is 1.17 bits per heavy atom. The molecule has 89 heavy (non-hydrogen) atoms. The molecular formula is C61H76N6O19S3. The van der Waals surface area contributed by atoms with Crippen LogP contribution in [-0.4, -0.2) is 110 Å². The number of anilines is 3. The van der Waals surface area contributed by atoms with E-state index in [0.29, 0.717) is 42.6 Å². The smallest absolute Gasteiger partial charge is 0.338 e. The molecule has 0 fully saturated rings. The summed E-state index contributed by atoms with van der Waals surface area (Å²) in [6.07, 6.45) is 3.59. The number of unbranched alkanes of at least 4 members (excludes halogenated alkanes) is 3. The third kappa shape index (κ3) is 24.4. The van der Waals surface area contributed by atoms with E-state index >= 15 is 0 Å². The maximum absolute atomic E-state index is 13.0. The summed E-state index contributed by atoms with van der Waals surface area (Å²) < 4.78 is 109. The van der Waals surface area contributed by atoms with Gasteiger partial charge in [0.25, 0.3) is 10.0 Å². The van der Waals surface area contributed by atoms with Crippen LogP contribution < -0.4 is 45.2 Å². The first-order valence-electron chi connectivity index (χ1n) is 28.0. The van der Waals surface area contributed by atoms with Gasteiger partial charge in [0.2, 0.25) is 26.0 Å². The van der Waals surface area contributed by atoms with Gasteiger partial charge < -0.3 is 54.6 Å². The van der Waals surface area contributed by atoms with E-state index in [-0.39, 0.29) is 68.3 Å². The highest BCUT2D eigenvalue weighted by Gasteiger charge is 2.29. The normalized spacial score (nSPS) is 11.8. The zero-order valence-electron chi connectivity index (χ0n) is 50.3. The number of amides is 1. The van der Waals surface area contributed by atoms with E-state index in [0.717, 1.165) is 63.6 Å². The van der Waals surface area contributed by atoms with Crippen molar-refractivity contribution in [1.82, 2.24) is 4.72 Å². The number of carbonyl (C=O) groups is 5. The van der Waals surface area contributed by atoms with Gasteiger partial charge in [-0.25, -0.2) is 54.6 Å². The van der Waals surface area contributed by atoms with Gasteiger partial charge in [-0.15, -0.1) is 0 Å². The molecule has 1 amide bonds. The molecule has 0 bridgehead atoms. The van der Waals surface area contributed by atoms with Crippen LogP contribution in [0.2, 0.25) is 0 Å². The number of para-hydroxylation sites is 3. The molecule has 0 spiro atoms. The number of rotatable bonds is 30. The number of nitrogens with one attached hydrogen (secondary N) is 4. The number of hydrogen-bond acceptors (Lipinski definition) is 21. The van der Waals surface area contributed by atoms with Crippen molar-refractivity contribution in [1.29, 1.82) is 0 Å². The number of aliphatic hydroxyl groups is 1. The van der Waals surface area contributed by atoms with E-state index in [1.54, 1.807) is 97.9 Å². The Labute approximate surface area is 518 Å². The van der Waals surface area contributed by atoms with Crippen molar-refractivity contribution in [3.8, 4) is 34.5 Å². The van der Waals surface area contributed by atoms with E-state index in [9.17, 15) is 59.4 Å². The van der Waals surface area contributed by atoms with Gasteiger partial charge in [0, 0.05) is 33.5 Å². The predicted molar refractivity (Wildman–Crippen MR) is 333 cm³/mol. The van der Waals surface area contributed by atoms with Crippen LogP contribution in [0.25, 0.3) is 0 Å². The summed E-state index contributed by atoms with van der Waals surface area (Å²) in [5.74, 6) is -3.11. The predicted octanol–water partition coefficient (Wildman–Crippen LogP) is 9.54. The van der Waals surface area contributed by atoms with Crippen molar-refractivity contribution in [3.63, 3.8) is 0 Å². The van der Waals surface area contributed by atoms with Gasteiger partial charge in [-0.1, -0.05) is 94.6 Å². The fourth-order valence-corrected chi connectivity index (χ4v) is 10.2. The summed E-state index contributed by atoms with van der Waals surface area (Å²) in [6.45, 7) is 12.4. The molecule has 6 aromatic carbocycles. The third-order valence-electron chi connectivity index (χ3n) is 11.8. The van der Waals surface area contributed by atoms with Crippen LogP contribution in [0.1, 0.15) is 118 Å². The lowest BCUT2D eigenvalue weighted by atomic mass is 10.1. The third-order valence-corrected chi connectivity index (χ3v) is 15.0. The number of esters is 3. The molecule has 0 aliphatic rings. The molecular weight excluding hydrogens is 1220 g/mol. The van der Waals surface area contributed by atoms with Gasteiger partial charge in [-0.05, 0) is 106 Å². The molecule has 0 aromatic heterocycles. The zero-order chi connectivity index (χ0) is 65.9. The minimum absolute atomic E-state index is 0.00174. The number of primary sulfonamides is 2. The molecule has 6 rings (SSSR count). The molecule has 28 heteroatoms. The summed E-state index contributed by atoms with van der Waals surface area (Å²) in [5.41, 5.74) is 0.494. The van der Waals surface area contributed by atoms with Crippen LogP contribution >= 0.6 is 0 Å². The summed E-state index contributed by atoms with van der Waals surface area (Å²) in [7, 11) is -12.8. The van der Waals surface area contributed by atoms with Gasteiger partial charge in [0.05, 0.1) is 39.9 Å². The van der Waals surface area contributed by atoms with Crippen LogP contribution in [0, 0.1) is 0 Å². The molecule has 6 aromatic rings. The maximum atomic E-state index is 13.0. The Kier molecular flexibility index (Phi) is 28.8. The zero-order valence-corrected chi connectivity index (χ0v) is 52.7. The number of carboxylic acid groups (broad SMARTS) is 1. The Bertz CT molecular complexity index is 3690. The number of ether oxygens (including phenoxy) is 6. The number of carboxylic acids is 1. The highest BCUT2D eigenvalue weighted by molar-refractivity contribution is 7.90. The molecule has 2 atom stereocenters. The lowest BCUT2D eigenvalue weighted by Gasteiger charge is -2.19. The summed E-state index contributed by atoms with van der Waals surface area (Å²) >= 11 is 0. The monoisotopic (exact) mass is 1290 g/mol. The number of benzene rings is 6. The number of hydrogen-bond donors (Lipinski definition) is 8. The second kappa shape index (κ2) is 35.3. The van der Waals surface area contributed by atoms with Gasteiger partial charge in [0.15, 0.2) is 17.2 Å². The largest absolute Gasteiger partial charge is 0.478 e. The standard InChI is InChI=1S/C24H30N2O8S.C20H26N2O6S.C17H20N2O5S/c1-5-6-12-25-21-13-19(24(29)32-15-16(2)33-18(4)28)14-22(35(30,31)26-17(3)27)23(21)34-20-10-8-7-9-11-20;1-3-4-10-22-17-11-15(20(24)27-13-14(2)23)12-18(29(21,25)26)19(17)28-16-8-6-5-7-9-16;1-2-3-9-19-14-10-12(17(20)21)11-15(25(18,22)23)16(14)24-13-7-5-4-6-8-13/h7-11,13-14,16,25H,5-6,12,15H2,1-4H3,(H,26,27);5-9,11-12,14,22-23H,3-4,10,13H2,1-2H3,(H2,21,25,26);4-8,10-11,19H,2-3,9H2,1H3,(H,20,21)(H2,18,22,23). The summed E-state index contributed by atoms with van der Waals surface area (Å²) in [5, 5.41) is 38.5. The molecule has 0 radical (unpaired) electrons. The Morgan fingerprint density at radius 2 is 0.843 bits per heavy atom. The lowest BCUT2D eigenvalue weighted by Crippen LogP contribution is -2.29. The van der Waals surface area contributed by atoms with Crippen LogP contribution in [-0.2, 0) is 53.9 Å². The summed E-state index contributed by atoms with van der Waals surface area (Å²) in [4.78, 5) is 58.0. The van der Waals surface area contributed by atoms with Crippen molar-refractivity contribution in [2.45, 2.75) is 114 Å². The molecule has 25 nitrogen and oxygen atoms in total. The Balaban J connectivity index is 0.000000289. The number of nitrogens with two attached hydrogens (primary N) is 2.